The molecule has 0 fully saturated rings. The second-order valence-corrected chi connectivity index (χ2v) is 4.70. The third-order valence-electron chi connectivity index (χ3n) is 2.63. The normalized spacial score (nSPS) is 12.2. The van der Waals surface area contributed by atoms with Gasteiger partial charge >= 0.3 is 0 Å². The highest BCUT2D eigenvalue weighted by Crippen LogP contribution is 2.31. The lowest BCUT2D eigenvalue weighted by Gasteiger charge is -2.14. The van der Waals surface area contributed by atoms with E-state index in [1.165, 1.54) is 7.11 Å². The van der Waals surface area contributed by atoms with Gasteiger partial charge in [0.2, 0.25) is 11.8 Å². The molecule has 5 nitrogen and oxygen atoms in total. The zero-order valence-corrected chi connectivity index (χ0v) is 11.3. The molecule has 0 spiro atoms. The second kappa shape index (κ2) is 5.32. The minimum Gasteiger partial charge on any atom is -0.480 e. The maximum absolute atomic E-state index is 6.22. The quantitative estimate of drug-likeness (QED) is 0.914. The van der Waals surface area contributed by atoms with Crippen molar-refractivity contribution in [3.63, 3.8) is 0 Å². The summed E-state index contributed by atoms with van der Waals surface area (Å²) in [6.45, 7) is 2.02. The van der Waals surface area contributed by atoms with Crippen LogP contribution in [0.25, 0.3) is 0 Å². The van der Waals surface area contributed by atoms with Crippen molar-refractivity contribution in [2.75, 3.05) is 14.2 Å². The van der Waals surface area contributed by atoms with Gasteiger partial charge in [-0.2, -0.15) is 4.98 Å². The highest BCUT2D eigenvalue weighted by atomic mass is 32.1. The van der Waals surface area contributed by atoms with Gasteiger partial charge in [-0.3, -0.25) is 0 Å². The monoisotopic (exact) mass is 265 g/mol. The molecular formula is C12H15N3O2S. The fraction of sp³-hybridized carbons (Fsp3) is 0.333. The Morgan fingerprint density at radius 1 is 1.33 bits per heavy atom. The molecule has 2 rings (SSSR count). The van der Waals surface area contributed by atoms with Crippen LogP contribution in [-0.2, 0) is 0 Å². The van der Waals surface area contributed by atoms with Crippen molar-refractivity contribution in [2.45, 2.75) is 13.0 Å². The number of aromatic nitrogens is 2. The lowest BCUT2D eigenvalue weighted by atomic mass is 10.1. The van der Waals surface area contributed by atoms with Gasteiger partial charge in [-0.1, -0.05) is 0 Å². The third kappa shape index (κ3) is 2.30. The molecular weight excluding hydrogens is 250 g/mol. The van der Waals surface area contributed by atoms with Gasteiger partial charge in [0.15, 0.2) is 0 Å². The van der Waals surface area contributed by atoms with Gasteiger partial charge in [0.05, 0.1) is 26.5 Å². The molecule has 96 valence electrons. The first-order valence-electron chi connectivity index (χ1n) is 5.41. The minimum atomic E-state index is -0.335. The molecule has 0 aliphatic heterocycles. The number of rotatable bonds is 4. The standard InChI is InChI=1S/C12H15N3O2S/c1-7-4-5-18-11(7)9(13)10-12(17-3)15-8(16-2)6-14-10/h4-6,9H,13H2,1-3H3. The third-order valence-corrected chi connectivity index (χ3v) is 3.73. The van der Waals surface area contributed by atoms with E-state index in [0.717, 1.165) is 10.4 Å². The van der Waals surface area contributed by atoms with E-state index in [0.29, 0.717) is 17.5 Å². The molecule has 2 aromatic heterocycles. The molecule has 18 heavy (non-hydrogen) atoms. The lowest BCUT2D eigenvalue weighted by molar-refractivity contribution is 0.355. The average Bonchev–Trinajstić information content (AvgIpc) is 2.83. The van der Waals surface area contributed by atoms with E-state index in [9.17, 15) is 0 Å². The number of hydrogen-bond donors (Lipinski definition) is 1. The molecule has 2 heterocycles. The van der Waals surface area contributed by atoms with Gasteiger partial charge in [-0.05, 0) is 23.9 Å². The van der Waals surface area contributed by atoms with Crippen LogP contribution in [0, 0.1) is 6.92 Å². The van der Waals surface area contributed by atoms with Crippen LogP contribution < -0.4 is 15.2 Å². The first-order valence-corrected chi connectivity index (χ1v) is 6.29. The maximum Gasteiger partial charge on any atom is 0.240 e. The summed E-state index contributed by atoms with van der Waals surface area (Å²) in [4.78, 5) is 9.54. The molecule has 6 heteroatoms. The minimum absolute atomic E-state index is 0.335. The molecule has 1 unspecified atom stereocenters. The number of nitrogens with two attached hydrogens (primary N) is 1. The zero-order chi connectivity index (χ0) is 13.1. The van der Waals surface area contributed by atoms with E-state index in [1.807, 2.05) is 18.4 Å². The Kier molecular flexibility index (Phi) is 3.78. The molecule has 2 N–H and O–H groups in total. The molecule has 0 radical (unpaired) electrons. The Balaban J connectivity index is 2.41. The largest absolute Gasteiger partial charge is 0.480 e. The molecule has 0 aromatic carbocycles. The predicted octanol–water partition coefficient (Wildman–Crippen LogP) is 1.91. The SMILES string of the molecule is COc1cnc(C(N)c2sccc2C)c(OC)n1. The number of thiophene rings is 1. The number of hydrogen-bond acceptors (Lipinski definition) is 6. The first kappa shape index (κ1) is 12.8. The second-order valence-electron chi connectivity index (χ2n) is 3.75. The van der Waals surface area contributed by atoms with Crippen molar-refractivity contribution in [2.24, 2.45) is 5.73 Å². The summed E-state index contributed by atoms with van der Waals surface area (Å²) in [5.74, 6) is 0.806. The summed E-state index contributed by atoms with van der Waals surface area (Å²) < 4.78 is 10.2. The van der Waals surface area contributed by atoms with Crippen LogP contribution in [0.2, 0.25) is 0 Å². The smallest absolute Gasteiger partial charge is 0.240 e. The van der Waals surface area contributed by atoms with Crippen molar-refractivity contribution in [1.29, 1.82) is 0 Å². The van der Waals surface area contributed by atoms with Crippen molar-refractivity contribution in [3.05, 3.63) is 33.8 Å². The van der Waals surface area contributed by atoms with Crippen LogP contribution in [0.3, 0.4) is 0 Å². The Morgan fingerprint density at radius 2 is 2.11 bits per heavy atom. The molecule has 0 aliphatic carbocycles. The van der Waals surface area contributed by atoms with E-state index in [2.05, 4.69) is 9.97 Å². The molecule has 0 aliphatic rings. The Labute approximate surface area is 110 Å². The van der Waals surface area contributed by atoms with Gasteiger partial charge in [-0.25, -0.2) is 4.98 Å². The molecule has 1 atom stereocenters. The summed E-state index contributed by atoms with van der Waals surface area (Å²) in [6.07, 6.45) is 1.54. The van der Waals surface area contributed by atoms with Gasteiger partial charge < -0.3 is 15.2 Å². The van der Waals surface area contributed by atoms with Crippen LogP contribution in [0.4, 0.5) is 0 Å². The highest BCUT2D eigenvalue weighted by molar-refractivity contribution is 7.10. The number of aryl methyl sites for hydroxylation is 1. The summed E-state index contributed by atoms with van der Waals surface area (Å²) in [6, 6.07) is 1.70. The topological polar surface area (TPSA) is 70.3 Å². The fourth-order valence-electron chi connectivity index (χ4n) is 1.66. The van der Waals surface area contributed by atoms with Crippen molar-refractivity contribution in [1.82, 2.24) is 9.97 Å². The number of ether oxygens (including phenoxy) is 2. The Morgan fingerprint density at radius 3 is 2.67 bits per heavy atom. The summed E-state index contributed by atoms with van der Waals surface area (Å²) in [5.41, 5.74) is 7.98. The number of nitrogens with zero attached hydrogens (tertiary/aromatic N) is 2. The molecule has 2 aromatic rings. The summed E-state index contributed by atoms with van der Waals surface area (Å²) in [5, 5.41) is 2.01. The van der Waals surface area contributed by atoms with Crippen LogP contribution in [0.5, 0.6) is 11.8 Å². The molecule has 0 bridgehead atoms. The van der Waals surface area contributed by atoms with Gasteiger partial charge in [0.1, 0.15) is 5.69 Å². The Bertz CT molecular complexity index is 542. The lowest BCUT2D eigenvalue weighted by Crippen LogP contribution is -2.15. The van der Waals surface area contributed by atoms with Crippen molar-refractivity contribution < 1.29 is 9.47 Å². The van der Waals surface area contributed by atoms with E-state index in [1.54, 1.807) is 24.6 Å². The molecule has 0 amide bonds. The van der Waals surface area contributed by atoms with Gasteiger partial charge in [0.25, 0.3) is 0 Å². The van der Waals surface area contributed by atoms with Gasteiger partial charge in [0, 0.05) is 4.88 Å². The molecule has 0 saturated carbocycles. The first-order chi connectivity index (χ1) is 8.67. The van der Waals surface area contributed by atoms with Gasteiger partial charge in [-0.15, -0.1) is 11.3 Å². The zero-order valence-electron chi connectivity index (χ0n) is 10.5. The maximum atomic E-state index is 6.22. The van der Waals surface area contributed by atoms with Crippen LogP contribution in [0.1, 0.15) is 22.2 Å². The number of methoxy groups -OCH3 is 2. The Hall–Kier alpha value is -1.66. The average molecular weight is 265 g/mol. The van der Waals surface area contributed by atoms with E-state index >= 15 is 0 Å². The van der Waals surface area contributed by atoms with E-state index in [4.69, 9.17) is 15.2 Å². The fourth-order valence-corrected chi connectivity index (χ4v) is 2.59. The van der Waals surface area contributed by atoms with Crippen LogP contribution in [0.15, 0.2) is 17.6 Å². The highest BCUT2D eigenvalue weighted by Gasteiger charge is 2.20. The van der Waals surface area contributed by atoms with Crippen molar-refractivity contribution >= 4 is 11.3 Å². The molecule has 0 saturated heterocycles. The summed E-state index contributed by atoms with van der Waals surface area (Å²) >= 11 is 1.60. The van der Waals surface area contributed by atoms with Crippen LogP contribution >= 0.6 is 11.3 Å². The summed E-state index contributed by atoms with van der Waals surface area (Å²) in [7, 11) is 3.08. The predicted molar refractivity (Wildman–Crippen MR) is 70.2 cm³/mol. The van der Waals surface area contributed by atoms with E-state index < -0.39 is 0 Å². The van der Waals surface area contributed by atoms with E-state index in [-0.39, 0.29) is 6.04 Å². The van der Waals surface area contributed by atoms with Crippen molar-refractivity contribution in [3.8, 4) is 11.8 Å². The van der Waals surface area contributed by atoms with Crippen LogP contribution in [-0.4, -0.2) is 24.2 Å².